The van der Waals surface area contributed by atoms with Gasteiger partial charge in [0.1, 0.15) is 5.76 Å². The highest BCUT2D eigenvalue weighted by atomic mass is 16.3. The Morgan fingerprint density at radius 1 is 1.27 bits per heavy atom. The second kappa shape index (κ2) is 7.41. The van der Waals surface area contributed by atoms with Crippen molar-refractivity contribution in [3.05, 3.63) is 57.9 Å². The number of rotatable bonds is 6. The van der Waals surface area contributed by atoms with Gasteiger partial charge in [0, 0.05) is 43.4 Å². The molecule has 0 amide bonds. The molecule has 0 saturated carbocycles. The summed E-state index contributed by atoms with van der Waals surface area (Å²) in [6.45, 7) is 9.65. The SMILES string of the molecule is CC(C)CN(Cc1ccco1)Cc1ccc2n(c1=O)C[C@@H]1CNC[C@H]2C1. The normalized spacial score (nSPS) is 22.0. The van der Waals surface area contributed by atoms with Crippen molar-refractivity contribution in [2.75, 3.05) is 19.6 Å². The second-order valence-electron chi connectivity index (χ2n) is 8.30. The molecule has 4 rings (SSSR count). The van der Waals surface area contributed by atoms with Crippen molar-refractivity contribution in [3.8, 4) is 0 Å². The molecule has 0 unspecified atom stereocenters. The lowest BCUT2D eigenvalue weighted by Crippen LogP contribution is -2.45. The Kier molecular flexibility index (Phi) is 5.00. The summed E-state index contributed by atoms with van der Waals surface area (Å²) in [6.07, 6.45) is 2.92. The van der Waals surface area contributed by atoms with E-state index < -0.39 is 0 Å². The minimum Gasteiger partial charge on any atom is -0.468 e. The average Bonchev–Trinajstić information content (AvgIpc) is 3.10. The maximum atomic E-state index is 13.2. The van der Waals surface area contributed by atoms with Crippen molar-refractivity contribution in [1.29, 1.82) is 0 Å². The van der Waals surface area contributed by atoms with Gasteiger partial charge in [-0.3, -0.25) is 9.69 Å². The third-order valence-corrected chi connectivity index (χ3v) is 5.56. The van der Waals surface area contributed by atoms with Crippen LogP contribution in [0.3, 0.4) is 0 Å². The van der Waals surface area contributed by atoms with Crippen molar-refractivity contribution >= 4 is 0 Å². The number of nitrogens with zero attached hydrogens (tertiary/aromatic N) is 2. The van der Waals surface area contributed by atoms with Crippen molar-refractivity contribution in [1.82, 2.24) is 14.8 Å². The predicted octanol–water partition coefficient (Wildman–Crippen LogP) is 2.81. The van der Waals surface area contributed by atoms with E-state index in [1.54, 1.807) is 6.26 Å². The van der Waals surface area contributed by atoms with E-state index in [1.165, 1.54) is 12.1 Å². The number of pyridine rings is 1. The molecule has 1 N–H and O–H groups in total. The molecule has 26 heavy (non-hydrogen) atoms. The first-order valence-corrected chi connectivity index (χ1v) is 9.78. The van der Waals surface area contributed by atoms with Crippen LogP contribution < -0.4 is 10.9 Å². The Hall–Kier alpha value is -1.85. The molecule has 1 fully saturated rings. The molecule has 0 aliphatic carbocycles. The van der Waals surface area contributed by atoms with Crippen LogP contribution in [-0.2, 0) is 19.6 Å². The fourth-order valence-electron chi connectivity index (χ4n) is 4.52. The molecule has 1 saturated heterocycles. The zero-order valence-electron chi connectivity index (χ0n) is 15.8. The van der Waals surface area contributed by atoms with E-state index in [9.17, 15) is 4.79 Å². The van der Waals surface area contributed by atoms with Gasteiger partial charge in [-0.25, -0.2) is 0 Å². The van der Waals surface area contributed by atoms with E-state index in [-0.39, 0.29) is 5.56 Å². The molecule has 5 nitrogen and oxygen atoms in total. The first kappa shape index (κ1) is 17.6. The lowest BCUT2D eigenvalue weighted by molar-refractivity contribution is 0.207. The van der Waals surface area contributed by atoms with Gasteiger partial charge in [-0.05, 0) is 43.0 Å². The second-order valence-corrected chi connectivity index (χ2v) is 8.30. The molecule has 0 radical (unpaired) electrons. The fourth-order valence-corrected chi connectivity index (χ4v) is 4.52. The number of hydrogen-bond donors (Lipinski definition) is 1. The lowest BCUT2D eigenvalue weighted by Gasteiger charge is -2.37. The molecule has 0 aromatic carbocycles. The van der Waals surface area contributed by atoms with Gasteiger partial charge >= 0.3 is 0 Å². The van der Waals surface area contributed by atoms with Gasteiger partial charge in [0.2, 0.25) is 0 Å². The summed E-state index contributed by atoms with van der Waals surface area (Å²) in [5.74, 6) is 2.56. The smallest absolute Gasteiger partial charge is 0.255 e. The molecule has 2 aromatic rings. The number of hydrogen-bond acceptors (Lipinski definition) is 4. The third kappa shape index (κ3) is 3.64. The molecule has 140 valence electrons. The maximum absolute atomic E-state index is 13.2. The molecule has 2 aliphatic heterocycles. The highest BCUT2D eigenvalue weighted by Crippen LogP contribution is 2.31. The molecule has 5 heteroatoms. The monoisotopic (exact) mass is 355 g/mol. The summed E-state index contributed by atoms with van der Waals surface area (Å²) < 4.78 is 7.57. The average molecular weight is 355 g/mol. The number of aromatic nitrogens is 1. The van der Waals surface area contributed by atoms with E-state index in [0.29, 0.717) is 24.3 Å². The topological polar surface area (TPSA) is 50.4 Å². The molecule has 0 spiro atoms. The Labute approximate surface area is 155 Å². The number of piperidine rings is 1. The molecule has 4 heterocycles. The quantitative estimate of drug-likeness (QED) is 0.866. The van der Waals surface area contributed by atoms with E-state index >= 15 is 0 Å². The summed E-state index contributed by atoms with van der Waals surface area (Å²) in [5, 5.41) is 3.51. The summed E-state index contributed by atoms with van der Waals surface area (Å²) in [6, 6.07) is 8.16. The molecule has 2 aromatic heterocycles. The van der Waals surface area contributed by atoms with Gasteiger partial charge < -0.3 is 14.3 Å². The number of furan rings is 1. The van der Waals surface area contributed by atoms with Gasteiger partial charge in [-0.1, -0.05) is 19.9 Å². The first-order valence-electron chi connectivity index (χ1n) is 9.78. The van der Waals surface area contributed by atoms with E-state index in [2.05, 4.69) is 40.8 Å². The fraction of sp³-hybridized carbons (Fsp3) is 0.571. The van der Waals surface area contributed by atoms with Crippen molar-refractivity contribution < 1.29 is 4.42 Å². The molecular formula is C21H29N3O2. The maximum Gasteiger partial charge on any atom is 0.255 e. The summed E-state index contributed by atoms with van der Waals surface area (Å²) >= 11 is 0. The molecule has 2 atom stereocenters. The Morgan fingerprint density at radius 2 is 2.15 bits per heavy atom. The number of nitrogens with one attached hydrogen (secondary N) is 1. The Bertz CT molecular complexity index is 794. The minimum absolute atomic E-state index is 0.201. The van der Waals surface area contributed by atoms with Crippen LogP contribution in [0, 0.1) is 11.8 Å². The predicted molar refractivity (Wildman–Crippen MR) is 102 cm³/mol. The van der Waals surface area contributed by atoms with Crippen LogP contribution >= 0.6 is 0 Å². The van der Waals surface area contributed by atoms with Crippen LogP contribution in [0.2, 0.25) is 0 Å². The molecular weight excluding hydrogens is 326 g/mol. The summed E-state index contributed by atoms with van der Waals surface area (Å²) in [4.78, 5) is 15.5. The van der Waals surface area contributed by atoms with Crippen LogP contribution in [0.5, 0.6) is 0 Å². The van der Waals surface area contributed by atoms with Crippen LogP contribution in [0.15, 0.2) is 39.7 Å². The number of fused-ring (bicyclic) bond motifs is 4. The van der Waals surface area contributed by atoms with Crippen LogP contribution in [0.1, 0.15) is 43.2 Å². The van der Waals surface area contributed by atoms with Crippen molar-refractivity contribution in [2.24, 2.45) is 11.8 Å². The van der Waals surface area contributed by atoms with Crippen LogP contribution in [0.4, 0.5) is 0 Å². The van der Waals surface area contributed by atoms with E-state index in [0.717, 1.165) is 44.0 Å². The van der Waals surface area contributed by atoms with Gasteiger partial charge in [0.05, 0.1) is 12.8 Å². The molecule has 2 bridgehead atoms. The van der Waals surface area contributed by atoms with Crippen molar-refractivity contribution in [2.45, 2.75) is 45.8 Å². The van der Waals surface area contributed by atoms with Gasteiger partial charge in [-0.2, -0.15) is 0 Å². The summed E-state index contributed by atoms with van der Waals surface area (Å²) in [5.41, 5.74) is 2.31. The zero-order chi connectivity index (χ0) is 18.1. The van der Waals surface area contributed by atoms with Crippen LogP contribution in [-0.4, -0.2) is 29.1 Å². The largest absolute Gasteiger partial charge is 0.468 e. The Balaban J connectivity index is 1.58. The highest BCUT2D eigenvalue weighted by molar-refractivity contribution is 5.22. The van der Waals surface area contributed by atoms with Gasteiger partial charge in [-0.15, -0.1) is 0 Å². The molecule has 2 aliphatic rings. The van der Waals surface area contributed by atoms with Crippen LogP contribution in [0.25, 0.3) is 0 Å². The standard InChI is InChI=1S/C21H29N3O2/c1-15(2)11-23(14-19-4-3-7-26-19)13-17-5-6-20-18-8-16(9-22-10-18)12-24(20)21(17)25/h3-7,15-16,18,22H,8-14H2,1-2H3/t16-,18+/m0/s1. The highest BCUT2D eigenvalue weighted by Gasteiger charge is 2.31. The van der Waals surface area contributed by atoms with Gasteiger partial charge in [0.25, 0.3) is 5.56 Å². The van der Waals surface area contributed by atoms with Gasteiger partial charge in [0.15, 0.2) is 0 Å². The Morgan fingerprint density at radius 3 is 2.92 bits per heavy atom. The minimum atomic E-state index is 0.201. The summed E-state index contributed by atoms with van der Waals surface area (Å²) in [7, 11) is 0. The third-order valence-electron chi connectivity index (χ3n) is 5.56. The zero-order valence-corrected chi connectivity index (χ0v) is 15.8. The van der Waals surface area contributed by atoms with Crippen molar-refractivity contribution in [3.63, 3.8) is 0 Å². The van der Waals surface area contributed by atoms with E-state index in [4.69, 9.17) is 4.42 Å². The van der Waals surface area contributed by atoms with E-state index in [1.807, 2.05) is 12.1 Å². The lowest BCUT2D eigenvalue weighted by atomic mass is 9.84. The first-order chi connectivity index (χ1) is 12.6.